The van der Waals surface area contributed by atoms with E-state index in [9.17, 15) is 15.0 Å². The fraction of sp³-hybridized carbons (Fsp3) is 0.796. The summed E-state index contributed by atoms with van der Waals surface area (Å²) in [6.45, 7) is 4.30. The first-order valence-corrected chi connectivity index (χ1v) is 25.5. The largest absolute Gasteiger partial charge is 0.394 e. The van der Waals surface area contributed by atoms with E-state index in [0.29, 0.717) is 6.42 Å². The number of hydrogen-bond donors (Lipinski definition) is 3. The monoisotopic (exact) mass is 810 g/mol. The van der Waals surface area contributed by atoms with Gasteiger partial charge in [-0.15, -0.1) is 0 Å². The van der Waals surface area contributed by atoms with Crippen molar-refractivity contribution in [2.24, 2.45) is 0 Å². The Hall–Kier alpha value is -1.91. The van der Waals surface area contributed by atoms with Crippen LogP contribution >= 0.6 is 0 Å². The van der Waals surface area contributed by atoms with E-state index in [0.717, 1.165) is 44.9 Å². The Labute approximate surface area is 362 Å². The van der Waals surface area contributed by atoms with Crippen molar-refractivity contribution in [3.05, 3.63) is 60.8 Å². The van der Waals surface area contributed by atoms with Crippen LogP contribution in [0.1, 0.15) is 258 Å². The van der Waals surface area contributed by atoms with Gasteiger partial charge in [0.1, 0.15) is 0 Å². The Morgan fingerprint density at radius 1 is 0.414 bits per heavy atom. The highest BCUT2D eigenvalue weighted by atomic mass is 16.3. The van der Waals surface area contributed by atoms with Gasteiger partial charge in [0, 0.05) is 6.42 Å². The Morgan fingerprint density at radius 2 is 0.724 bits per heavy atom. The van der Waals surface area contributed by atoms with E-state index in [4.69, 9.17) is 0 Å². The van der Waals surface area contributed by atoms with Crippen molar-refractivity contribution in [3.63, 3.8) is 0 Å². The van der Waals surface area contributed by atoms with Crippen molar-refractivity contribution >= 4 is 5.91 Å². The van der Waals surface area contributed by atoms with Crippen LogP contribution < -0.4 is 5.32 Å². The molecule has 0 bridgehead atoms. The van der Waals surface area contributed by atoms with Gasteiger partial charge in [-0.05, 0) is 77.0 Å². The van der Waals surface area contributed by atoms with Gasteiger partial charge in [-0.2, -0.15) is 0 Å². The Kier molecular flexibility index (Phi) is 47.8. The number of carbonyl (C=O) groups excluding carboxylic acids is 1. The molecule has 2 unspecified atom stereocenters. The van der Waals surface area contributed by atoms with Gasteiger partial charge in [-0.25, -0.2) is 0 Å². The number of rotatable bonds is 46. The number of hydrogen-bond acceptors (Lipinski definition) is 3. The van der Waals surface area contributed by atoms with Crippen molar-refractivity contribution in [1.82, 2.24) is 5.32 Å². The van der Waals surface area contributed by atoms with Crippen LogP contribution in [0.15, 0.2) is 60.8 Å². The SMILES string of the molecule is CCCCCCC/C=C\C/C=C\CCCCCCCCCCCCCC(=O)NC(CO)C(O)/C=C/CC/C=C/CC/C=C/CCCCCCCCCCCCCCC. The van der Waals surface area contributed by atoms with Gasteiger partial charge in [0.15, 0.2) is 0 Å². The van der Waals surface area contributed by atoms with Crippen molar-refractivity contribution in [2.75, 3.05) is 6.61 Å². The van der Waals surface area contributed by atoms with E-state index < -0.39 is 12.1 Å². The third kappa shape index (κ3) is 45.2. The van der Waals surface area contributed by atoms with Gasteiger partial charge < -0.3 is 15.5 Å². The first kappa shape index (κ1) is 56.1. The molecule has 0 aliphatic rings. The van der Waals surface area contributed by atoms with Crippen molar-refractivity contribution in [2.45, 2.75) is 270 Å². The molecular formula is C54H99NO3. The fourth-order valence-electron chi connectivity index (χ4n) is 7.54. The average Bonchev–Trinajstić information content (AvgIpc) is 3.23. The molecule has 0 fully saturated rings. The minimum absolute atomic E-state index is 0.0800. The second-order valence-electron chi connectivity index (χ2n) is 17.2. The third-order valence-electron chi connectivity index (χ3n) is 11.5. The number of aliphatic hydroxyl groups is 2. The van der Waals surface area contributed by atoms with E-state index in [2.05, 4.69) is 67.8 Å². The third-order valence-corrected chi connectivity index (χ3v) is 11.5. The molecule has 0 heterocycles. The highest BCUT2D eigenvalue weighted by molar-refractivity contribution is 5.76. The number of amides is 1. The zero-order valence-electron chi connectivity index (χ0n) is 38.8. The average molecular weight is 810 g/mol. The van der Waals surface area contributed by atoms with Crippen molar-refractivity contribution in [1.29, 1.82) is 0 Å². The highest BCUT2D eigenvalue weighted by Crippen LogP contribution is 2.15. The lowest BCUT2D eigenvalue weighted by molar-refractivity contribution is -0.123. The lowest BCUT2D eigenvalue weighted by atomic mass is 10.0. The summed E-state index contributed by atoms with van der Waals surface area (Å²) in [5, 5.41) is 23.1. The van der Waals surface area contributed by atoms with E-state index in [1.54, 1.807) is 6.08 Å². The lowest BCUT2D eigenvalue weighted by Crippen LogP contribution is -2.45. The molecule has 0 aromatic carbocycles. The molecule has 2 atom stereocenters. The summed E-state index contributed by atoms with van der Waals surface area (Å²) in [7, 11) is 0. The molecule has 3 N–H and O–H groups in total. The second kappa shape index (κ2) is 49.5. The first-order valence-electron chi connectivity index (χ1n) is 25.5. The molecule has 58 heavy (non-hydrogen) atoms. The number of allylic oxidation sites excluding steroid dienone is 9. The van der Waals surface area contributed by atoms with Gasteiger partial charge >= 0.3 is 0 Å². The summed E-state index contributed by atoms with van der Waals surface area (Å²) in [5.74, 6) is -0.0800. The van der Waals surface area contributed by atoms with E-state index in [-0.39, 0.29) is 12.5 Å². The van der Waals surface area contributed by atoms with Crippen LogP contribution in [-0.2, 0) is 4.79 Å². The van der Waals surface area contributed by atoms with E-state index >= 15 is 0 Å². The topological polar surface area (TPSA) is 69.6 Å². The molecule has 0 aliphatic carbocycles. The molecule has 0 saturated carbocycles. The molecule has 338 valence electrons. The molecule has 0 aromatic heterocycles. The molecule has 0 aliphatic heterocycles. The summed E-state index contributed by atoms with van der Waals surface area (Å²) in [6.07, 6.45) is 69.3. The maximum Gasteiger partial charge on any atom is 0.220 e. The Bertz CT molecular complexity index is 965. The molecule has 0 radical (unpaired) electrons. The summed E-state index contributed by atoms with van der Waals surface area (Å²) in [4.78, 5) is 12.4. The predicted molar refractivity (Wildman–Crippen MR) is 258 cm³/mol. The zero-order chi connectivity index (χ0) is 42.1. The van der Waals surface area contributed by atoms with Crippen LogP contribution in [-0.4, -0.2) is 34.9 Å². The molecule has 4 heteroatoms. The van der Waals surface area contributed by atoms with Crippen molar-refractivity contribution in [3.8, 4) is 0 Å². The number of aliphatic hydroxyl groups excluding tert-OH is 2. The van der Waals surface area contributed by atoms with Gasteiger partial charge in [0.2, 0.25) is 5.91 Å². The minimum Gasteiger partial charge on any atom is -0.394 e. The lowest BCUT2D eigenvalue weighted by Gasteiger charge is -2.19. The van der Waals surface area contributed by atoms with Crippen LogP contribution in [0.3, 0.4) is 0 Å². The summed E-state index contributed by atoms with van der Waals surface area (Å²) < 4.78 is 0. The van der Waals surface area contributed by atoms with Gasteiger partial charge in [-0.1, -0.05) is 235 Å². The quantitative estimate of drug-likeness (QED) is 0.0424. The summed E-state index contributed by atoms with van der Waals surface area (Å²) >= 11 is 0. The number of unbranched alkanes of at least 4 members (excludes halogenated alkanes) is 31. The molecular weight excluding hydrogens is 711 g/mol. The summed E-state index contributed by atoms with van der Waals surface area (Å²) in [5.41, 5.74) is 0. The van der Waals surface area contributed by atoms with Crippen LogP contribution in [0.5, 0.6) is 0 Å². The highest BCUT2D eigenvalue weighted by Gasteiger charge is 2.17. The van der Waals surface area contributed by atoms with Crippen LogP contribution in [0.2, 0.25) is 0 Å². The molecule has 0 rings (SSSR count). The predicted octanol–water partition coefficient (Wildman–Crippen LogP) is 16.5. The number of carbonyl (C=O) groups is 1. The van der Waals surface area contributed by atoms with Crippen LogP contribution in [0, 0.1) is 0 Å². The zero-order valence-corrected chi connectivity index (χ0v) is 38.8. The van der Waals surface area contributed by atoms with Gasteiger partial charge in [0.05, 0.1) is 18.8 Å². The Balaban J connectivity index is 3.61. The maximum atomic E-state index is 12.4. The standard InChI is InChI=1S/C54H99NO3/c1-3-5-7-9-11-13-15-17-19-21-23-25-27-29-31-33-35-37-39-41-43-45-47-49-53(57)52(51-56)55-54(58)50-48-46-44-42-40-38-36-34-32-30-28-26-24-22-20-18-16-14-12-10-8-6-4-2/h16,18,22,24,31,33,39,41,47,49,52-53,56-57H,3-15,17,19-21,23,25-30,32,34-38,40,42-46,48,50-51H2,1-2H3,(H,55,58)/b18-16-,24-22-,33-31+,41-39+,49-47+. The smallest absolute Gasteiger partial charge is 0.220 e. The second-order valence-corrected chi connectivity index (χ2v) is 17.2. The summed E-state index contributed by atoms with van der Waals surface area (Å²) in [6, 6.07) is -0.649. The van der Waals surface area contributed by atoms with Gasteiger partial charge in [0.25, 0.3) is 0 Å². The Morgan fingerprint density at radius 3 is 1.10 bits per heavy atom. The minimum atomic E-state index is -0.873. The van der Waals surface area contributed by atoms with Crippen LogP contribution in [0.25, 0.3) is 0 Å². The van der Waals surface area contributed by atoms with Gasteiger partial charge in [-0.3, -0.25) is 4.79 Å². The first-order chi connectivity index (χ1) is 28.7. The van der Waals surface area contributed by atoms with E-state index in [1.807, 2.05) is 6.08 Å². The molecule has 0 spiro atoms. The molecule has 1 amide bonds. The van der Waals surface area contributed by atoms with Crippen LogP contribution in [0.4, 0.5) is 0 Å². The molecule has 0 saturated heterocycles. The number of nitrogens with one attached hydrogen (secondary N) is 1. The van der Waals surface area contributed by atoms with Crippen molar-refractivity contribution < 1.29 is 15.0 Å². The molecule has 4 nitrogen and oxygen atoms in total. The normalized spacial score (nSPS) is 13.4. The maximum absolute atomic E-state index is 12.4. The molecule has 0 aromatic rings. The fourth-order valence-corrected chi connectivity index (χ4v) is 7.54. The van der Waals surface area contributed by atoms with E-state index in [1.165, 1.54) is 193 Å².